The van der Waals surface area contributed by atoms with Crippen LogP contribution < -0.4 is 5.32 Å². The molecule has 1 N–H and O–H groups in total. The number of benzene rings is 2. The zero-order valence-corrected chi connectivity index (χ0v) is 11.9. The Balaban J connectivity index is 1.88. The van der Waals surface area contributed by atoms with Crippen LogP contribution in [0.15, 0.2) is 42.5 Å². The molecule has 0 aliphatic carbocycles. The van der Waals surface area contributed by atoms with E-state index in [2.05, 4.69) is 66.6 Å². The number of rotatable bonds is 3. The second kappa shape index (κ2) is 5.02. The zero-order valence-electron chi connectivity index (χ0n) is 11.1. The van der Waals surface area contributed by atoms with Gasteiger partial charge in [0.25, 0.3) is 0 Å². The van der Waals surface area contributed by atoms with Crippen molar-refractivity contribution in [3.05, 3.63) is 58.0 Å². The predicted molar refractivity (Wildman–Crippen MR) is 82.9 cm³/mol. The normalized spacial score (nSPS) is 10.8. The van der Waals surface area contributed by atoms with Gasteiger partial charge in [-0.05, 0) is 25.3 Å². The highest BCUT2D eigenvalue weighted by Crippen LogP contribution is 2.25. The highest BCUT2D eigenvalue weighted by atomic mass is 32.1. The Hall–Kier alpha value is -1.87. The zero-order chi connectivity index (χ0) is 13.2. The Bertz CT molecular complexity index is 710. The Kier molecular flexibility index (Phi) is 3.22. The fourth-order valence-corrected chi connectivity index (χ4v) is 3.17. The summed E-state index contributed by atoms with van der Waals surface area (Å²) in [5, 5.41) is 7.20. The van der Waals surface area contributed by atoms with Crippen molar-refractivity contribution in [1.82, 2.24) is 4.98 Å². The van der Waals surface area contributed by atoms with Crippen LogP contribution in [-0.2, 0) is 6.54 Å². The first-order chi connectivity index (χ1) is 9.24. The molecule has 3 rings (SSSR count). The van der Waals surface area contributed by atoms with E-state index in [1.807, 2.05) is 0 Å². The van der Waals surface area contributed by atoms with Crippen molar-refractivity contribution in [3.63, 3.8) is 0 Å². The molecule has 0 amide bonds. The molecule has 0 fully saturated rings. The van der Waals surface area contributed by atoms with E-state index in [-0.39, 0.29) is 0 Å². The molecule has 3 heteroatoms. The first-order valence-electron chi connectivity index (χ1n) is 6.38. The second-order valence-electron chi connectivity index (χ2n) is 4.62. The summed E-state index contributed by atoms with van der Waals surface area (Å²) in [6.45, 7) is 4.97. The lowest BCUT2D eigenvalue weighted by Gasteiger charge is -2.09. The van der Waals surface area contributed by atoms with Crippen molar-refractivity contribution in [2.24, 2.45) is 0 Å². The number of aryl methyl sites for hydroxylation is 2. The molecule has 0 radical (unpaired) electrons. The van der Waals surface area contributed by atoms with Gasteiger partial charge in [-0.15, -0.1) is 11.3 Å². The third kappa shape index (κ3) is 2.47. The fourth-order valence-electron chi connectivity index (χ4n) is 2.29. The summed E-state index contributed by atoms with van der Waals surface area (Å²) in [7, 11) is 0. The molecule has 2 nitrogen and oxygen atoms in total. The number of thiazole rings is 1. The monoisotopic (exact) mass is 268 g/mol. The maximum atomic E-state index is 4.46. The summed E-state index contributed by atoms with van der Waals surface area (Å²) >= 11 is 1.77. The molecule has 0 unspecified atom stereocenters. The Labute approximate surface area is 117 Å². The summed E-state index contributed by atoms with van der Waals surface area (Å²) in [5.41, 5.74) is 2.32. The van der Waals surface area contributed by atoms with E-state index in [1.54, 1.807) is 11.3 Å². The number of nitrogens with zero attached hydrogens (tertiary/aromatic N) is 1. The quantitative estimate of drug-likeness (QED) is 0.755. The van der Waals surface area contributed by atoms with Crippen LogP contribution in [0.4, 0.5) is 5.69 Å². The first kappa shape index (κ1) is 12.2. The molecule has 96 valence electrons. The number of aromatic nitrogens is 1. The number of nitrogens with one attached hydrogen (secondary N) is 1. The van der Waals surface area contributed by atoms with Crippen LogP contribution in [-0.4, -0.2) is 4.98 Å². The number of hydrogen-bond acceptors (Lipinski definition) is 3. The van der Waals surface area contributed by atoms with Gasteiger partial charge >= 0.3 is 0 Å². The predicted octanol–water partition coefficient (Wildman–Crippen LogP) is 4.53. The Morgan fingerprint density at radius 3 is 2.63 bits per heavy atom. The van der Waals surface area contributed by atoms with Crippen LogP contribution in [0, 0.1) is 13.8 Å². The van der Waals surface area contributed by atoms with Crippen LogP contribution in [0.1, 0.15) is 15.6 Å². The Morgan fingerprint density at radius 1 is 1.05 bits per heavy atom. The van der Waals surface area contributed by atoms with E-state index >= 15 is 0 Å². The minimum atomic E-state index is 0.839. The standard InChI is InChI=1S/C16H16N2S/c1-11-16(19-12(2)18-11)10-17-15-9-5-7-13-6-3-4-8-14(13)15/h3-9,17H,10H2,1-2H3. The fraction of sp³-hybridized carbons (Fsp3) is 0.188. The van der Waals surface area contributed by atoms with Crippen LogP contribution in [0.25, 0.3) is 10.8 Å². The van der Waals surface area contributed by atoms with Gasteiger partial charge in [-0.3, -0.25) is 0 Å². The SMILES string of the molecule is Cc1nc(C)c(CNc2cccc3ccccc23)s1. The molecule has 3 aromatic rings. The maximum absolute atomic E-state index is 4.46. The van der Waals surface area contributed by atoms with Crippen LogP contribution in [0.5, 0.6) is 0 Å². The highest BCUT2D eigenvalue weighted by Gasteiger charge is 2.05. The smallest absolute Gasteiger partial charge is 0.0900 e. The van der Waals surface area contributed by atoms with Gasteiger partial charge in [0, 0.05) is 16.0 Å². The molecule has 1 aromatic heterocycles. The molecule has 0 bridgehead atoms. The molecule has 19 heavy (non-hydrogen) atoms. The van der Waals surface area contributed by atoms with Crippen molar-refractivity contribution in [2.45, 2.75) is 20.4 Å². The van der Waals surface area contributed by atoms with Gasteiger partial charge in [0.1, 0.15) is 0 Å². The maximum Gasteiger partial charge on any atom is 0.0900 e. The molecule has 0 atom stereocenters. The van der Waals surface area contributed by atoms with Gasteiger partial charge in [-0.2, -0.15) is 0 Å². The topological polar surface area (TPSA) is 24.9 Å². The van der Waals surface area contributed by atoms with E-state index in [0.29, 0.717) is 0 Å². The third-order valence-corrected chi connectivity index (χ3v) is 4.30. The van der Waals surface area contributed by atoms with Gasteiger partial charge in [-0.1, -0.05) is 36.4 Å². The molecule has 0 aliphatic rings. The van der Waals surface area contributed by atoms with Crippen molar-refractivity contribution in [1.29, 1.82) is 0 Å². The van der Waals surface area contributed by atoms with E-state index in [9.17, 15) is 0 Å². The molecule has 0 spiro atoms. The summed E-state index contributed by atoms with van der Waals surface area (Å²) < 4.78 is 0. The molecule has 1 heterocycles. The van der Waals surface area contributed by atoms with Crippen molar-refractivity contribution < 1.29 is 0 Å². The van der Waals surface area contributed by atoms with Gasteiger partial charge in [0.2, 0.25) is 0 Å². The van der Waals surface area contributed by atoms with Gasteiger partial charge in [0.05, 0.1) is 17.2 Å². The molecular formula is C16H16N2S. The summed E-state index contributed by atoms with van der Waals surface area (Å²) in [6.07, 6.45) is 0. The van der Waals surface area contributed by atoms with E-state index in [4.69, 9.17) is 0 Å². The van der Waals surface area contributed by atoms with Crippen molar-refractivity contribution >= 4 is 27.8 Å². The Morgan fingerprint density at radius 2 is 1.84 bits per heavy atom. The number of anilines is 1. The lowest BCUT2D eigenvalue weighted by Crippen LogP contribution is -1.99. The average Bonchev–Trinajstić information content (AvgIpc) is 2.74. The first-order valence-corrected chi connectivity index (χ1v) is 7.20. The van der Waals surface area contributed by atoms with Crippen LogP contribution in [0.2, 0.25) is 0 Å². The molecule has 0 aliphatic heterocycles. The highest BCUT2D eigenvalue weighted by molar-refractivity contribution is 7.11. The molecule has 0 saturated carbocycles. The van der Waals surface area contributed by atoms with Crippen molar-refractivity contribution in [2.75, 3.05) is 5.32 Å². The summed E-state index contributed by atoms with van der Waals surface area (Å²) in [5.74, 6) is 0. The van der Waals surface area contributed by atoms with E-state index in [0.717, 1.165) is 17.2 Å². The summed E-state index contributed by atoms with van der Waals surface area (Å²) in [6, 6.07) is 14.8. The number of fused-ring (bicyclic) bond motifs is 1. The molecule has 0 saturated heterocycles. The molecular weight excluding hydrogens is 252 g/mol. The van der Waals surface area contributed by atoms with Crippen LogP contribution >= 0.6 is 11.3 Å². The average molecular weight is 268 g/mol. The van der Waals surface area contributed by atoms with Crippen LogP contribution in [0.3, 0.4) is 0 Å². The van der Waals surface area contributed by atoms with Gasteiger partial charge in [-0.25, -0.2) is 4.98 Å². The van der Waals surface area contributed by atoms with E-state index < -0.39 is 0 Å². The summed E-state index contributed by atoms with van der Waals surface area (Å²) in [4.78, 5) is 5.77. The van der Waals surface area contributed by atoms with Gasteiger partial charge < -0.3 is 5.32 Å². The third-order valence-electron chi connectivity index (χ3n) is 3.23. The van der Waals surface area contributed by atoms with E-state index in [1.165, 1.54) is 21.3 Å². The lowest BCUT2D eigenvalue weighted by molar-refractivity contribution is 1.11. The van der Waals surface area contributed by atoms with Gasteiger partial charge in [0.15, 0.2) is 0 Å². The largest absolute Gasteiger partial charge is 0.380 e. The van der Waals surface area contributed by atoms with Crippen molar-refractivity contribution in [3.8, 4) is 0 Å². The second-order valence-corrected chi connectivity index (χ2v) is 5.91. The minimum Gasteiger partial charge on any atom is -0.380 e. The number of hydrogen-bond donors (Lipinski definition) is 1. The minimum absolute atomic E-state index is 0.839. The molecule has 2 aromatic carbocycles. The lowest BCUT2D eigenvalue weighted by atomic mass is 10.1.